The topological polar surface area (TPSA) is 78.7 Å². The molecule has 0 aliphatic heterocycles. The van der Waals surface area contributed by atoms with Gasteiger partial charge >= 0.3 is 0 Å². The zero-order valence-electron chi connectivity index (χ0n) is 9.51. The molecule has 0 unspecified atom stereocenters. The quantitative estimate of drug-likeness (QED) is 0.451. The number of ether oxygens (including phenoxy) is 2. The molecule has 18 heavy (non-hydrogen) atoms. The van der Waals surface area contributed by atoms with Gasteiger partial charge in [-0.25, -0.2) is 0 Å². The van der Waals surface area contributed by atoms with Gasteiger partial charge in [-0.05, 0) is 0 Å². The summed E-state index contributed by atoms with van der Waals surface area (Å²) in [4.78, 5) is 20.8. The Morgan fingerprint density at radius 1 is 1.56 bits per heavy atom. The van der Waals surface area contributed by atoms with Crippen LogP contribution < -0.4 is 9.47 Å². The van der Waals surface area contributed by atoms with Crippen molar-refractivity contribution < 1.29 is 19.2 Å². The summed E-state index contributed by atoms with van der Waals surface area (Å²) in [6, 6.07) is 2.35. The van der Waals surface area contributed by atoms with E-state index in [1.54, 1.807) is 0 Å². The molecule has 0 aliphatic carbocycles. The standard InChI is InChI=1S/C11H10ClNO5/c1-7(12)6-18-11-4-9(13(15)16)8(5-14)3-10(11)17-2/h3-5H,1,6H2,2H3. The SMILES string of the molecule is C=C(Cl)COc1cc([N+](=O)[O-])c(C=O)cc1OC. The minimum absolute atomic E-state index is 0.0183. The molecule has 1 rings (SSSR count). The van der Waals surface area contributed by atoms with E-state index in [0.29, 0.717) is 6.29 Å². The van der Waals surface area contributed by atoms with Crippen molar-refractivity contribution in [3.63, 3.8) is 0 Å². The molecule has 0 saturated carbocycles. The number of rotatable bonds is 6. The number of nitrogens with zero attached hydrogens (tertiary/aromatic N) is 1. The van der Waals surface area contributed by atoms with Crippen LogP contribution in [-0.2, 0) is 0 Å². The van der Waals surface area contributed by atoms with Crippen LogP contribution in [0.3, 0.4) is 0 Å². The lowest BCUT2D eigenvalue weighted by Crippen LogP contribution is -2.02. The van der Waals surface area contributed by atoms with Crippen molar-refractivity contribution in [2.75, 3.05) is 13.7 Å². The highest BCUT2D eigenvalue weighted by atomic mass is 35.5. The van der Waals surface area contributed by atoms with Crippen molar-refractivity contribution in [2.45, 2.75) is 0 Å². The molecule has 0 fully saturated rings. The summed E-state index contributed by atoms with van der Waals surface area (Å²) in [6.45, 7) is 3.41. The predicted molar refractivity (Wildman–Crippen MR) is 65.5 cm³/mol. The number of benzene rings is 1. The fourth-order valence-corrected chi connectivity index (χ4v) is 1.30. The Morgan fingerprint density at radius 2 is 2.22 bits per heavy atom. The second-order valence-corrected chi connectivity index (χ2v) is 3.78. The van der Waals surface area contributed by atoms with Crippen molar-refractivity contribution >= 4 is 23.6 Å². The highest BCUT2D eigenvalue weighted by Gasteiger charge is 2.19. The van der Waals surface area contributed by atoms with Crippen LogP contribution in [0.4, 0.5) is 5.69 Å². The Balaban J connectivity index is 3.22. The molecule has 6 nitrogen and oxygen atoms in total. The van der Waals surface area contributed by atoms with Crippen LogP contribution in [0.15, 0.2) is 23.7 Å². The second-order valence-electron chi connectivity index (χ2n) is 3.24. The smallest absolute Gasteiger partial charge is 0.283 e. The minimum atomic E-state index is -0.675. The molecule has 96 valence electrons. The molecule has 0 saturated heterocycles. The normalized spacial score (nSPS) is 9.67. The number of nitro groups is 1. The third kappa shape index (κ3) is 3.21. The lowest BCUT2D eigenvalue weighted by molar-refractivity contribution is -0.385. The van der Waals surface area contributed by atoms with Crippen LogP contribution in [0.25, 0.3) is 0 Å². The van der Waals surface area contributed by atoms with Gasteiger partial charge in [0.1, 0.15) is 6.61 Å². The summed E-state index contributed by atoms with van der Waals surface area (Å²) in [7, 11) is 1.36. The first-order valence-electron chi connectivity index (χ1n) is 4.77. The molecule has 1 aromatic rings. The molecule has 0 aromatic heterocycles. The molecule has 1 aromatic carbocycles. The highest BCUT2D eigenvalue weighted by molar-refractivity contribution is 6.29. The number of carbonyl (C=O) groups excluding carboxylic acids is 1. The third-order valence-electron chi connectivity index (χ3n) is 2.02. The first-order chi connectivity index (χ1) is 8.49. The lowest BCUT2D eigenvalue weighted by Gasteiger charge is -2.10. The van der Waals surface area contributed by atoms with E-state index in [4.69, 9.17) is 21.1 Å². The zero-order chi connectivity index (χ0) is 13.7. The van der Waals surface area contributed by atoms with Crippen LogP contribution in [0.5, 0.6) is 11.5 Å². The number of aldehydes is 1. The van der Waals surface area contributed by atoms with E-state index < -0.39 is 4.92 Å². The van der Waals surface area contributed by atoms with E-state index in [1.807, 2.05) is 0 Å². The Bertz CT molecular complexity index is 500. The maximum atomic E-state index is 10.8. The summed E-state index contributed by atoms with van der Waals surface area (Å²) >= 11 is 5.53. The summed E-state index contributed by atoms with van der Waals surface area (Å²) in [6.07, 6.45) is 0.380. The molecule has 0 radical (unpaired) electrons. The summed E-state index contributed by atoms with van der Waals surface area (Å²) < 4.78 is 10.2. The third-order valence-corrected chi connectivity index (χ3v) is 2.13. The van der Waals surface area contributed by atoms with Crippen molar-refractivity contribution in [2.24, 2.45) is 0 Å². The van der Waals surface area contributed by atoms with Crippen molar-refractivity contribution in [3.8, 4) is 11.5 Å². The van der Waals surface area contributed by atoms with Gasteiger partial charge < -0.3 is 9.47 Å². The van der Waals surface area contributed by atoms with Crippen LogP contribution >= 0.6 is 11.6 Å². The van der Waals surface area contributed by atoms with Crippen LogP contribution in [0.1, 0.15) is 10.4 Å². The molecule has 0 bridgehead atoms. The van der Waals surface area contributed by atoms with Crippen LogP contribution in [-0.4, -0.2) is 24.9 Å². The van der Waals surface area contributed by atoms with E-state index in [1.165, 1.54) is 13.2 Å². The van der Waals surface area contributed by atoms with Crippen molar-refractivity contribution in [1.29, 1.82) is 0 Å². The largest absolute Gasteiger partial charge is 0.493 e. The number of hydrogen-bond donors (Lipinski definition) is 0. The van der Waals surface area contributed by atoms with E-state index in [9.17, 15) is 14.9 Å². The molecule has 0 amide bonds. The van der Waals surface area contributed by atoms with Crippen molar-refractivity contribution in [3.05, 3.63) is 39.4 Å². The second kappa shape index (κ2) is 6.02. The van der Waals surface area contributed by atoms with Gasteiger partial charge in [0.15, 0.2) is 17.8 Å². The molecular weight excluding hydrogens is 262 g/mol. The van der Waals surface area contributed by atoms with E-state index in [2.05, 4.69) is 6.58 Å². The fraction of sp³-hybridized carbons (Fsp3) is 0.182. The Morgan fingerprint density at radius 3 is 2.67 bits per heavy atom. The van der Waals surface area contributed by atoms with E-state index in [-0.39, 0.29) is 34.4 Å². The summed E-state index contributed by atoms with van der Waals surface area (Å²) in [5.41, 5.74) is -0.449. The minimum Gasteiger partial charge on any atom is -0.493 e. The van der Waals surface area contributed by atoms with Gasteiger partial charge in [-0.2, -0.15) is 0 Å². The molecule has 0 heterocycles. The first-order valence-corrected chi connectivity index (χ1v) is 5.15. The van der Waals surface area contributed by atoms with Crippen molar-refractivity contribution in [1.82, 2.24) is 0 Å². The fourth-order valence-electron chi connectivity index (χ4n) is 1.25. The summed E-state index contributed by atoms with van der Waals surface area (Å²) in [5.74, 6) is 0.331. The Labute approximate surface area is 108 Å². The maximum absolute atomic E-state index is 10.8. The van der Waals surface area contributed by atoms with Gasteiger partial charge in [0.25, 0.3) is 5.69 Å². The average molecular weight is 272 g/mol. The number of nitro benzene ring substituents is 1. The molecule has 0 atom stereocenters. The first kappa shape index (κ1) is 14.0. The number of carbonyl (C=O) groups is 1. The Hall–Kier alpha value is -2.08. The van der Waals surface area contributed by atoms with Gasteiger partial charge in [0.2, 0.25) is 0 Å². The maximum Gasteiger partial charge on any atom is 0.283 e. The van der Waals surface area contributed by atoms with Crippen LogP contribution in [0.2, 0.25) is 0 Å². The number of methoxy groups -OCH3 is 1. The molecule has 0 spiro atoms. The van der Waals surface area contributed by atoms with Gasteiger partial charge in [0, 0.05) is 11.1 Å². The van der Waals surface area contributed by atoms with Crippen LogP contribution in [0, 0.1) is 10.1 Å². The van der Waals surface area contributed by atoms with Gasteiger partial charge in [-0.3, -0.25) is 14.9 Å². The lowest BCUT2D eigenvalue weighted by atomic mass is 10.1. The molecule has 0 aliphatic rings. The van der Waals surface area contributed by atoms with Gasteiger partial charge in [-0.1, -0.05) is 18.2 Å². The monoisotopic (exact) mass is 271 g/mol. The average Bonchev–Trinajstić information content (AvgIpc) is 2.34. The van der Waals surface area contributed by atoms with E-state index in [0.717, 1.165) is 6.07 Å². The van der Waals surface area contributed by atoms with Gasteiger partial charge in [-0.15, -0.1) is 0 Å². The Kier molecular flexibility index (Phi) is 4.67. The predicted octanol–water partition coefficient (Wildman–Crippen LogP) is 2.55. The highest BCUT2D eigenvalue weighted by Crippen LogP contribution is 2.34. The number of halogens is 1. The molecule has 0 N–H and O–H groups in total. The molecular formula is C11H10ClNO5. The van der Waals surface area contributed by atoms with Gasteiger partial charge in [0.05, 0.1) is 23.7 Å². The number of hydrogen-bond acceptors (Lipinski definition) is 5. The van der Waals surface area contributed by atoms with E-state index >= 15 is 0 Å². The zero-order valence-corrected chi connectivity index (χ0v) is 10.3. The summed E-state index contributed by atoms with van der Waals surface area (Å²) in [5, 5.41) is 11.0. The molecule has 7 heteroatoms.